The molecule has 0 unspecified atom stereocenters. The van der Waals surface area contributed by atoms with E-state index in [0.29, 0.717) is 59.3 Å². The van der Waals surface area contributed by atoms with Crippen molar-refractivity contribution in [2.75, 3.05) is 59.5 Å². The maximum Gasteiger partial charge on any atom is 0.305 e. The number of carbonyl (C=O) groups is 1. The molecule has 0 aliphatic rings. The van der Waals surface area contributed by atoms with Gasteiger partial charge >= 0.3 is 5.97 Å². The Labute approximate surface area is 249 Å². The Morgan fingerprint density at radius 1 is 0.350 bits per heavy atom. The minimum absolute atomic E-state index is 0.109. The van der Waals surface area contributed by atoms with E-state index in [1.165, 1.54) is 116 Å². The molecule has 0 amide bonds. The van der Waals surface area contributed by atoms with E-state index in [9.17, 15) is 4.79 Å². The van der Waals surface area contributed by atoms with Crippen LogP contribution in [0.1, 0.15) is 155 Å². The first-order valence-electron chi connectivity index (χ1n) is 17.3. The first kappa shape index (κ1) is 39.3. The molecule has 40 heavy (non-hydrogen) atoms. The Bertz CT molecular complexity index is 473. The second kappa shape index (κ2) is 36.3. The summed E-state index contributed by atoms with van der Waals surface area (Å²) >= 11 is 0. The minimum atomic E-state index is -0.109. The third-order valence-corrected chi connectivity index (χ3v) is 7.23. The molecule has 0 radical (unpaired) electrons. The third-order valence-electron chi connectivity index (χ3n) is 7.23. The standard InChI is InChI=1S/C34H68O6/c1-3-5-7-9-11-12-13-14-15-16-17-18-19-20-22-24-34(35)40-33-32-39-31-30-38-29-28-37-27-26-36-25-23-21-10-8-6-4-2/h3-33H2,1-2H3. The van der Waals surface area contributed by atoms with Gasteiger partial charge < -0.3 is 23.7 Å². The molecule has 0 saturated heterocycles. The lowest BCUT2D eigenvalue weighted by atomic mass is 10.0. The number of unbranched alkanes of at least 4 members (excludes halogenated alkanes) is 19. The molecule has 0 rings (SSSR count). The van der Waals surface area contributed by atoms with Crippen LogP contribution < -0.4 is 0 Å². The topological polar surface area (TPSA) is 63.2 Å². The molecule has 6 heteroatoms. The Morgan fingerprint density at radius 3 is 1.05 bits per heavy atom. The highest BCUT2D eigenvalue weighted by Gasteiger charge is 2.03. The fraction of sp³-hybridized carbons (Fsp3) is 0.971. The van der Waals surface area contributed by atoms with Crippen molar-refractivity contribution in [1.82, 2.24) is 0 Å². The highest BCUT2D eigenvalue weighted by molar-refractivity contribution is 5.69. The lowest BCUT2D eigenvalue weighted by Gasteiger charge is -2.08. The maximum absolute atomic E-state index is 11.8. The van der Waals surface area contributed by atoms with E-state index in [4.69, 9.17) is 23.7 Å². The molecule has 0 heterocycles. The van der Waals surface area contributed by atoms with Gasteiger partial charge in [0.05, 0.1) is 46.2 Å². The van der Waals surface area contributed by atoms with Crippen molar-refractivity contribution in [2.24, 2.45) is 0 Å². The first-order chi connectivity index (χ1) is 19.8. The molecule has 0 bridgehead atoms. The van der Waals surface area contributed by atoms with Gasteiger partial charge in [0.15, 0.2) is 0 Å². The zero-order valence-electron chi connectivity index (χ0n) is 26.9. The normalized spacial score (nSPS) is 11.3. The van der Waals surface area contributed by atoms with Gasteiger partial charge in [-0.05, 0) is 12.8 Å². The van der Waals surface area contributed by atoms with Crippen molar-refractivity contribution in [3.8, 4) is 0 Å². The summed E-state index contributed by atoms with van der Waals surface area (Å²) in [5.74, 6) is -0.109. The Kier molecular flexibility index (Phi) is 35.7. The van der Waals surface area contributed by atoms with E-state index in [1.54, 1.807) is 0 Å². The molecular weight excluding hydrogens is 504 g/mol. The number of rotatable bonds is 35. The van der Waals surface area contributed by atoms with Crippen LogP contribution in [0.4, 0.5) is 0 Å². The zero-order valence-corrected chi connectivity index (χ0v) is 26.9. The van der Waals surface area contributed by atoms with Gasteiger partial charge in [-0.2, -0.15) is 0 Å². The summed E-state index contributed by atoms with van der Waals surface area (Å²) in [6.07, 6.45) is 28.2. The molecule has 0 spiro atoms. The first-order valence-corrected chi connectivity index (χ1v) is 17.3. The second-order valence-electron chi connectivity index (χ2n) is 11.1. The van der Waals surface area contributed by atoms with Gasteiger partial charge in [-0.1, -0.05) is 136 Å². The van der Waals surface area contributed by atoms with E-state index in [2.05, 4.69) is 13.8 Å². The molecule has 0 saturated carbocycles. The summed E-state index contributed by atoms with van der Waals surface area (Å²) in [5, 5.41) is 0. The van der Waals surface area contributed by atoms with Crippen LogP contribution in [0.25, 0.3) is 0 Å². The maximum atomic E-state index is 11.8. The lowest BCUT2D eigenvalue weighted by molar-refractivity contribution is -0.145. The largest absolute Gasteiger partial charge is 0.463 e. The Hall–Kier alpha value is -0.690. The molecular formula is C34H68O6. The highest BCUT2D eigenvalue weighted by atomic mass is 16.6. The quantitative estimate of drug-likeness (QED) is 0.0557. The molecule has 0 fully saturated rings. The third kappa shape index (κ3) is 35.3. The lowest BCUT2D eigenvalue weighted by Crippen LogP contribution is -2.14. The SMILES string of the molecule is CCCCCCCCCCCCCCCCCC(=O)OCCOCCOCCOCCOCCCCCCCC. The van der Waals surface area contributed by atoms with Crippen molar-refractivity contribution < 1.29 is 28.5 Å². The van der Waals surface area contributed by atoms with Crippen LogP contribution in [0.15, 0.2) is 0 Å². The van der Waals surface area contributed by atoms with E-state index in [-0.39, 0.29) is 5.97 Å². The molecule has 0 aliphatic carbocycles. The smallest absolute Gasteiger partial charge is 0.305 e. The zero-order chi connectivity index (χ0) is 29.0. The summed E-state index contributed by atoms with van der Waals surface area (Å²) in [4.78, 5) is 11.8. The fourth-order valence-electron chi connectivity index (χ4n) is 4.67. The molecule has 0 aromatic heterocycles. The van der Waals surface area contributed by atoms with Crippen molar-refractivity contribution >= 4 is 5.97 Å². The van der Waals surface area contributed by atoms with Crippen molar-refractivity contribution in [1.29, 1.82) is 0 Å². The van der Waals surface area contributed by atoms with Gasteiger partial charge in [0.2, 0.25) is 0 Å². The number of hydrogen-bond acceptors (Lipinski definition) is 6. The van der Waals surface area contributed by atoms with Crippen LogP contribution in [-0.4, -0.2) is 65.4 Å². The molecule has 0 atom stereocenters. The van der Waals surface area contributed by atoms with E-state index in [0.717, 1.165) is 25.9 Å². The Balaban J connectivity index is 3.14. The van der Waals surface area contributed by atoms with Gasteiger partial charge in [-0.15, -0.1) is 0 Å². The van der Waals surface area contributed by atoms with Crippen LogP contribution in [-0.2, 0) is 28.5 Å². The van der Waals surface area contributed by atoms with Gasteiger partial charge in [0.25, 0.3) is 0 Å². The van der Waals surface area contributed by atoms with Crippen molar-refractivity contribution in [2.45, 2.75) is 155 Å². The molecule has 0 aromatic carbocycles. The summed E-state index contributed by atoms with van der Waals surface area (Å²) in [5.41, 5.74) is 0. The Morgan fingerprint density at radius 2 is 0.650 bits per heavy atom. The van der Waals surface area contributed by atoms with Crippen LogP contribution >= 0.6 is 0 Å². The monoisotopic (exact) mass is 573 g/mol. The van der Waals surface area contributed by atoms with E-state index < -0.39 is 0 Å². The molecule has 0 aliphatic heterocycles. The van der Waals surface area contributed by atoms with Crippen LogP contribution in [0, 0.1) is 0 Å². The molecule has 6 nitrogen and oxygen atoms in total. The van der Waals surface area contributed by atoms with Crippen LogP contribution in [0.2, 0.25) is 0 Å². The van der Waals surface area contributed by atoms with Crippen molar-refractivity contribution in [3.63, 3.8) is 0 Å². The summed E-state index contributed by atoms with van der Waals surface area (Å²) in [7, 11) is 0. The predicted molar refractivity (Wildman–Crippen MR) is 167 cm³/mol. The average Bonchev–Trinajstić information content (AvgIpc) is 2.96. The average molecular weight is 573 g/mol. The van der Waals surface area contributed by atoms with Crippen molar-refractivity contribution in [3.05, 3.63) is 0 Å². The molecule has 0 N–H and O–H groups in total. The number of carbonyl (C=O) groups excluding carboxylic acids is 1. The number of hydrogen-bond donors (Lipinski definition) is 0. The minimum Gasteiger partial charge on any atom is -0.463 e. The van der Waals surface area contributed by atoms with E-state index in [1.807, 2.05) is 0 Å². The van der Waals surface area contributed by atoms with E-state index >= 15 is 0 Å². The van der Waals surface area contributed by atoms with Gasteiger partial charge in [0, 0.05) is 13.0 Å². The molecule has 240 valence electrons. The summed E-state index contributed by atoms with van der Waals surface area (Å²) in [6, 6.07) is 0. The fourth-order valence-corrected chi connectivity index (χ4v) is 4.67. The molecule has 0 aromatic rings. The van der Waals surface area contributed by atoms with Gasteiger partial charge in [-0.3, -0.25) is 4.79 Å². The summed E-state index contributed by atoms with van der Waals surface area (Å²) in [6.45, 7) is 9.48. The van der Waals surface area contributed by atoms with Gasteiger partial charge in [-0.25, -0.2) is 0 Å². The van der Waals surface area contributed by atoms with Crippen LogP contribution in [0.3, 0.4) is 0 Å². The second-order valence-corrected chi connectivity index (χ2v) is 11.1. The van der Waals surface area contributed by atoms with Crippen LogP contribution in [0.5, 0.6) is 0 Å². The predicted octanol–water partition coefficient (Wildman–Crippen LogP) is 9.22. The highest BCUT2D eigenvalue weighted by Crippen LogP contribution is 2.14. The number of esters is 1. The summed E-state index contributed by atoms with van der Waals surface area (Å²) < 4.78 is 27.3. The van der Waals surface area contributed by atoms with Gasteiger partial charge in [0.1, 0.15) is 6.61 Å². The number of ether oxygens (including phenoxy) is 5.